The number of imidazole rings is 1. The Labute approximate surface area is 293 Å². The van der Waals surface area contributed by atoms with Gasteiger partial charge < -0.3 is 8.98 Å². The van der Waals surface area contributed by atoms with Crippen LogP contribution in [0.1, 0.15) is 0 Å². The number of fused-ring (bicyclic) bond motifs is 8. The van der Waals surface area contributed by atoms with Crippen molar-refractivity contribution in [3.8, 4) is 33.9 Å². The van der Waals surface area contributed by atoms with Crippen molar-refractivity contribution in [3.05, 3.63) is 176 Å². The zero-order valence-electron chi connectivity index (χ0n) is 27.5. The number of nitrogens with zero attached hydrogens (tertiary/aromatic N) is 3. The Hall–Kier alpha value is -6.91. The molecule has 0 saturated carbocycles. The Morgan fingerprint density at radius 3 is 2.08 bits per heavy atom. The molecule has 0 amide bonds. The van der Waals surface area contributed by atoms with E-state index in [1.165, 1.54) is 21.5 Å². The number of para-hydroxylation sites is 5. The minimum absolute atomic E-state index is 0.909. The van der Waals surface area contributed by atoms with E-state index in [4.69, 9.17) is 9.40 Å². The van der Waals surface area contributed by atoms with E-state index >= 15 is 0 Å². The van der Waals surface area contributed by atoms with Crippen LogP contribution in [0.2, 0.25) is 0 Å². The molecular formula is C47H29N3O. The number of hydrogen-bond acceptors (Lipinski definition) is 2. The van der Waals surface area contributed by atoms with Crippen molar-refractivity contribution in [1.29, 1.82) is 0 Å². The average Bonchev–Trinajstić information content (AvgIpc) is 3.87. The summed E-state index contributed by atoms with van der Waals surface area (Å²) in [5.74, 6) is 0.912. The summed E-state index contributed by atoms with van der Waals surface area (Å²) in [5.41, 5.74) is 11.6. The molecule has 3 aromatic heterocycles. The molecule has 0 aliphatic heterocycles. The summed E-state index contributed by atoms with van der Waals surface area (Å²) in [7, 11) is 0. The molecule has 3 heterocycles. The zero-order chi connectivity index (χ0) is 33.5. The van der Waals surface area contributed by atoms with Gasteiger partial charge in [0.2, 0.25) is 0 Å². The second-order valence-electron chi connectivity index (χ2n) is 13.2. The molecule has 238 valence electrons. The van der Waals surface area contributed by atoms with Crippen LogP contribution in [0.4, 0.5) is 0 Å². The lowest BCUT2D eigenvalue weighted by atomic mass is 10.0. The molecule has 11 aromatic rings. The SMILES string of the molecule is c1cc(-c2nc3ccccc3n2-c2ccc3ccccc3c2)cc(-n2c3ccccc3c3cc(-c4cccc5c4oc4ccccc45)ccc32)c1. The fourth-order valence-corrected chi connectivity index (χ4v) is 7.97. The Balaban J connectivity index is 1.10. The standard InChI is InChI=1S/C47H29N3O/c1-2-12-31-27-35(25-23-30(31)11-1)50-44-21-7-5-19-41(44)48-47(50)33-13-9-14-34(28-33)49-42-20-6-3-15-37(42)40-29-32(24-26-43(40)49)36-17-10-18-39-38-16-4-8-22-45(38)51-46(36)39/h1-29H. The van der Waals surface area contributed by atoms with Gasteiger partial charge in [-0.15, -0.1) is 0 Å². The molecule has 0 aliphatic carbocycles. The fraction of sp³-hybridized carbons (Fsp3) is 0. The van der Waals surface area contributed by atoms with Gasteiger partial charge in [0.05, 0.1) is 22.1 Å². The Morgan fingerprint density at radius 1 is 0.412 bits per heavy atom. The monoisotopic (exact) mass is 651 g/mol. The normalized spacial score (nSPS) is 11.9. The van der Waals surface area contributed by atoms with Crippen LogP contribution in [0, 0.1) is 0 Å². The van der Waals surface area contributed by atoms with Crippen molar-refractivity contribution in [2.24, 2.45) is 0 Å². The average molecular weight is 652 g/mol. The van der Waals surface area contributed by atoms with Crippen LogP contribution in [0.3, 0.4) is 0 Å². The van der Waals surface area contributed by atoms with E-state index in [9.17, 15) is 0 Å². The molecule has 51 heavy (non-hydrogen) atoms. The van der Waals surface area contributed by atoms with Gasteiger partial charge in [-0.05, 0) is 77.0 Å². The molecule has 0 aliphatic rings. The lowest BCUT2D eigenvalue weighted by Crippen LogP contribution is -1.99. The van der Waals surface area contributed by atoms with Crippen LogP contribution in [0.5, 0.6) is 0 Å². The molecule has 0 saturated heterocycles. The smallest absolute Gasteiger partial charge is 0.145 e. The van der Waals surface area contributed by atoms with Crippen molar-refractivity contribution in [2.75, 3.05) is 0 Å². The minimum Gasteiger partial charge on any atom is -0.455 e. The second-order valence-corrected chi connectivity index (χ2v) is 13.2. The highest BCUT2D eigenvalue weighted by atomic mass is 16.3. The first kappa shape index (κ1) is 28.0. The van der Waals surface area contributed by atoms with Crippen molar-refractivity contribution >= 4 is 65.6 Å². The first-order valence-corrected chi connectivity index (χ1v) is 17.3. The quantitative estimate of drug-likeness (QED) is 0.190. The molecule has 0 N–H and O–H groups in total. The lowest BCUT2D eigenvalue weighted by Gasteiger charge is -2.13. The Bertz CT molecular complexity index is 3160. The second kappa shape index (κ2) is 10.8. The van der Waals surface area contributed by atoms with Gasteiger partial charge >= 0.3 is 0 Å². The first-order chi connectivity index (χ1) is 25.3. The summed E-state index contributed by atoms with van der Waals surface area (Å²) < 4.78 is 11.1. The summed E-state index contributed by atoms with van der Waals surface area (Å²) >= 11 is 0. The number of aromatic nitrogens is 3. The van der Waals surface area contributed by atoms with Crippen LogP contribution in [-0.4, -0.2) is 14.1 Å². The van der Waals surface area contributed by atoms with E-state index in [0.29, 0.717) is 0 Å². The highest BCUT2D eigenvalue weighted by Gasteiger charge is 2.19. The van der Waals surface area contributed by atoms with Gasteiger partial charge in [0, 0.05) is 44.0 Å². The molecule has 8 aromatic carbocycles. The summed E-state index contributed by atoms with van der Waals surface area (Å²) in [6, 6.07) is 62.5. The van der Waals surface area contributed by atoms with E-state index in [0.717, 1.165) is 77.9 Å². The fourth-order valence-electron chi connectivity index (χ4n) is 7.97. The maximum atomic E-state index is 6.44. The van der Waals surface area contributed by atoms with Crippen molar-refractivity contribution in [2.45, 2.75) is 0 Å². The highest BCUT2D eigenvalue weighted by Crippen LogP contribution is 2.40. The molecule has 0 bridgehead atoms. The van der Waals surface area contributed by atoms with Gasteiger partial charge in [-0.2, -0.15) is 0 Å². The molecule has 4 heteroatoms. The zero-order valence-corrected chi connectivity index (χ0v) is 27.5. The Morgan fingerprint density at radius 2 is 1.14 bits per heavy atom. The van der Waals surface area contributed by atoms with Crippen LogP contribution < -0.4 is 0 Å². The van der Waals surface area contributed by atoms with Crippen molar-refractivity contribution in [1.82, 2.24) is 14.1 Å². The summed E-state index contributed by atoms with van der Waals surface area (Å²) in [6.45, 7) is 0. The maximum Gasteiger partial charge on any atom is 0.145 e. The van der Waals surface area contributed by atoms with Crippen molar-refractivity contribution in [3.63, 3.8) is 0 Å². The van der Waals surface area contributed by atoms with Gasteiger partial charge in [0.1, 0.15) is 17.0 Å². The maximum absolute atomic E-state index is 6.44. The molecule has 0 fully saturated rings. The van der Waals surface area contributed by atoms with Crippen LogP contribution in [0.15, 0.2) is 180 Å². The first-order valence-electron chi connectivity index (χ1n) is 17.3. The van der Waals surface area contributed by atoms with E-state index in [2.05, 4.69) is 173 Å². The summed E-state index contributed by atoms with van der Waals surface area (Å²) in [5, 5.41) is 7.11. The number of benzene rings is 8. The largest absolute Gasteiger partial charge is 0.455 e. The third kappa shape index (κ3) is 4.23. The summed E-state index contributed by atoms with van der Waals surface area (Å²) in [6.07, 6.45) is 0. The molecular weight excluding hydrogens is 623 g/mol. The summed E-state index contributed by atoms with van der Waals surface area (Å²) in [4.78, 5) is 5.22. The Kier molecular flexibility index (Phi) is 5.92. The molecule has 4 nitrogen and oxygen atoms in total. The number of furan rings is 1. The van der Waals surface area contributed by atoms with E-state index in [1.54, 1.807) is 0 Å². The molecule has 11 rings (SSSR count). The van der Waals surface area contributed by atoms with Crippen LogP contribution in [0.25, 0.3) is 99.4 Å². The van der Waals surface area contributed by atoms with Gasteiger partial charge in [-0.1, -0.05) is 115 Å². The topological polar surface area (TPSA) is 35.9 Å². The van der Waals surface area contributed by atoms with Gasteiger partial charge in [-0.25, -0.2) is 4.98 Å². The predicted octanol–water partition coefficient (Wildman–Crippen LogP) is 12.5. The van der Waals surface area contributed by atoms with Gasteiger partial charge in [0.15, 0.2) is 0 Å². The minimum atomic E-state index is 0.909. The third-order valence-electron chi connectivity index (χ3n) is 10.3. The molecule has 0 atom stereocenters. The van der Waals surface area contributed by atoms with Gasteiger partial charge in [0.25, 0.3) is 0 Å². The van der Waals surface area contributed by atoms with Crippen LogP contribution >= 0.6 is 0 Å². The third-order valence-corrected chi connectivity index (χ3v) is 10.3. The van der Waals surface area contributed by atoms with Crippen LogP contribution in [-0.2, 0) is 0 Å². The van der Waals surface area contributed by atoms with Crippen molar-refractivity contribution < 1.29 is 4.42 Å². The number of hydrogen-bond donors (Lipinski definition) is 0. The van der Waals surface area contributed by atoms with E-state index in [1.807, 2.05) is 12.1 Å². The predicted molar refractivity (Wildman–Crippen MR) is 211 cm³/mol. The van der Waals surface area contributed by atoms with E-state index < -0.39 is 0 Å². The lowest BCUT2D eigenvalue weighted by molar-refractivity contribution is 0.670. The molecule has 0 radical (unpaired) electrons. The number of rotatable bonds is 4. The van der Waals surface area contributed by atoms with E-state index in [-0.39, 0.29) is 0 Å². The molecule has 0 unspecified atom stereocenters. The molecule has 0 spiro atoms. The highest BCUT2D eigenvalue weighted by molar-refractivity contribution is 6.13. The van der Waals surface area contributed by atoms with Gasteiger partial charge in [-0.3, -0.25) is 4.57 Å².